The van der Waals surface area contributed by atoms with Gasteiger partial charge in [-0.05, 0) is 51.8 Å². The summed E-state index contributed by atoms with van der Waals surface area (Å²) < 4.78 is 6.11. The lowest BCUT2D eigenvalue weighted by atomic mass is 10.1. The molecule has 4 unspecified atom stereocenters. The molecule has 1 spiro atoms. The number of aliphatic imine (C=N–C) groups is 1. The van der Waals surface area contributed by atoms with Crippen molar-refractivity contribution in [2.75, 3.05) is 25.4 Å². The highest BCUT2D eigenvalue weighted by atomic mass is 35.5. The van der Waals surface area contributed by atoms with Gasteiger partial charge in [-0.2, -0.15) is 14.5 Å². The minimum Gasteiger partial charge on any atom is -0.394 e. The van der Waals surface area contributed by atoms with Crippen LogP contribution in [0.3, 0.4) is 0 Å². The first-order valence-corrected chi connectivity index (χ1v) is 13.1. The van der Waals surface area contributed by atoms with Crippen molar-refractivity contribution in [2.45, 2.75) is 64.1 Å². The molecule has 5 rings (SSSR count). The molecule has 4 atom stereocenters. The Morgan fingerprint density at radius 2 is 2.08 bits per heavy atom. The van der Waals surface area contributed by atoms with E-state index in [4.69, 9.17) is 22.1 Å². The number of benzene rings is 1. The molecule has 11 nitrogen and oxygen atoms in total. The van der Waals surface area contributed by atoms with Crippen LogP contribution >= 0.6 is 11.6 Å². The molecule has 0 bridgehead atoms. The summed E-state index contributed by atoms with van der Waals surface area (Å²) in [6.45, 7) is 5.90. The highest BCUT2D eigenvalue weighted by molar-refractivity contribution is 6.34. The molecule has 1 aromatic carbocycles. The van der Waals surface area contributed by atoms with E-state index in [-0.39, 0.29) is 16.9 Å². The van der Waals surface area contributed by atoms with E-state index in [0.29, 0.717) is 29.0 Å². The molecule has 0 radical (unpaired) electrons. The number of imidazole rings is 1. The minimum atomic E-state index is -0.845. The molecule has 1 fully saturated rings. The van der Waals surface area contributed by atoms with Gasteiger partial charge in [-0.1, -0.05) is 17.7 Å². The first-order valence-electron chi connectivity index (χ1n) is 12.7. The van der Waals surface area contributed by atoms with Gasteiger partial charge in [0, 0.05) is 19.0 Å². The molecule has 37 heavy (non-hydrogen) atoms. The van der Waals surface area contributed by atoms with E-state index in [1.807, 2.05) is 18.2 Å². The fraction of sp³-hybridized carbons (Fsp3) is 0.520. The Hall–Kier alpha value is -2.67. The number of para-hydroxylation sites is 1. The number of ether oxygens (including phenoxy) is 1. The van der Waals surface area contributed by atoms with Gasteiger partial charge in [-0.3, -0.25) is 0 Å². The number of nitrogens with zero attached hydrogens (tertiary/aromatic N) is 6. The fourth-order valence-electron chi connectivity index (χ4n) is 4.97. The first-order chi connectivity index (χ1) is 17.8. The molecular weight excluding hydrogens is 496 g/mol. The molecule has 2 aliphatic rings. The Labute approximate surface area is 220 Å². The first kappa shape index (κ1) is 26.0. The SMILES string of the molecule is CC(C)N(CCCCc1nc2c(Cl)cccc2[nH]1)CCC(CO)OC1C(O)[N+]12C=Nc1c(N)ncnc12. The number of hydrogen-bond donors (Lipinski definition) is 4. The third-order valence-corrected chi connectivity index (χ3v) is 7.53. The number of fused-ring (bicyclic) bond motifs is 3. The molecule has 2 aliphatic heterocycles. The highest BCUT2D eigenvalue weighted by Gasteiger charge is 2.73. The largest absolute Gasteiger partial charge is 0.394 e. The maximum Gasteiger partial charge on any atom is 0.289 e. The summed E-state index contributed by atoms with van der Waals surface area (Å²) >= 11 is 6.24. The van der Waals surface area contributed by atoms with Crippen molar-refractivity contribution in [3.8, 4) is 0 Å². The van der Waals surface area contributed by atoms with Crippen LogP contribution in [0.1, 0.15) is 38.9 Å². The molecule has 3 aromatic rings. The Kier molecular flexibility index (Phi) is 7.44. The lowest BCUT2D eigenvalue weighted by molar-refractivity contribution is -0.0289. The smallest absolute Gasteiger partial charge is 0.289 e. The number of aliphatic hydroxyl groups excluding tert-OH is 2. The number of aromatic nitrogens is 4. The van der Waals surface area contributed by atoms with E-state index < -0.39 is 18.6 Å². The van der Waals surface area contributed by atoms with Crippen LogP contribution in [-0.4, -0.2) is 85.7 Å². The summed E-state index contributed by atoms with van der Waals surface area (Å²) in [5.41, 5.74) is 8.15. The predicted molar refractivity (Wildman–Crippen MR) is 144 cm³/mol. The monoisotopic (exact) mass is 529 g/mol. The van der Waals surface area contributed by atoms with Gasteiger partial charge >= 0.3 is 0 Å². The van der Waals surface area contributed by atoms with Crippen molar-refractivity contribution in [1.82, 2.24) is 29.3 Å². The van der Waals surface area contributed by atoms with Crippen molar-refractivity contribution < 1.29 is 14.9 Å². The van der Waals surface area contributed by atoms with Crippen molar-refractivity contribution in [3.05, 3.63) is 35.4 Å². The molecule has 0 amide bonds. The summed E-state index contributed by atoms with van der Waals surface area (Å²) in [5.74, 6) is 1.74. The Bertz CT molecular complexity index is 1280. The Morgan fingerprint density at radius 1 is 1.24 bits per heavy atom. The fourth-order valence-corrected chi connectivity index (χ4v) is 5.19. The molecule has 198 valence electrons. The summed E-state index contributed by atoms with van der Waals surface area (Å²) in [6.07, 6.45) is 4.61. The molecular formula is C25H34ClN8O3+. The summed E-state index contributed by atoms with van der Waals surface area (Å²) in [4.78, 5) is 22.9. The van der Waals surface area contributed by atoms with E-state index >= 15 is 0 Å². The molecule has 0 saturated carbocycles. The van der Waals surface area contributed by atoms with E-state index in [9.17, 15) is 10.2 Å². The highest BCUT2D eigenvalue weighted by Crippen LogP contribution is 2.51. The van der Waals surface area contributed by atoms with Crippen molar-refractivity contribution in [1.29, 1.82) is 0 Å². The summed E-state index contributed by atoms with van der Waals surface area (Å²) in [6, 6.07) is 6.11. The topological polar surface area (TPSA) is 146 Å². The second-order valence-corrected chi connectivity index (χ2v) is 10.4. The number of nitrogens with two attached hydrogens (primary N) is 1. The number of halogens is 1. The zero-order valence-electron chi connectivity index (χ0n) is 21.1. The van der Waals surface area contributed by atoms with Gasteiger partial charge in [0.2, 0.25) is 6.34 Å². The molecule has 5 N–H and O–H groups in total. The number of nitrogen functional groups attached to an aromatic ring is 1. The van der Waals surface area contributed by atoms with Crippen LogP contribution in [0, 0.1) is 0 Å². The maximum atomic E-state index is 10.7. The molecule has 1 saturated heterocycles. The number of aromatic amines is 1. The normalized spacial score (nSPS) is 23.0. The molecule has 0 aliphatic carbocycles. The van der Waals surface area contributed by atoms with Crippen LogP contribution in [0.2, 0.25) is 5.02 Å². The lowest BCUT2D eigenvalue weighted by Crippen LogP contribution is -2.37. The van der Waals surface area contributed by atoms with Crippen molar-refractivity contribution >= 4 is 46.3 Å². The average Bonchev–Trinajstić information content (AvgIpc) is 3.21. The van der Waals surface area contributed by atoms with Gasteiger partial charge in [0.15, 0.2) is 11.5 Å². The van der Waals surface area contributed by atoms with Gasteiger partial charge in [-0.15, -0.1) is 0 Å². The number of hydrogen-bond acceptors (Lipinski definition) is 9. The van der Waals surface area contributed by atoms with Crippen LogP contribution in [-0.2, 0) is 11.2 Å². The second kappa shape index (κ2) is 10.6. The van der Waals surface area contributed by atoms with E-state index in [1.54, 1.807) is 6.34 Å². The molecule has 2 aromatic heterocycles. The molecule has 4 heterocycles. The third kappa shape index (κ3) is 4.95. The van der Waals surface area contributed by atoms with Crippen LogP contribution < -0.4 is 10.2 Å². The van der Waals surface area contributed by atoms with Gasteiger partial charge in [0.25, 0.3) is 18.3 Å². The number of anilines is 1. The molecule has 12 heteroatoms. The number of quaternary nitrogens is 1. The summed E-state index contributed by atoms with van der Waals surface area (Å²) in [7, 11) is 0. The number of aryl methyl sites for hydroxylation is 1. The van der Waals surface area contributed by atoms with Gasteiger partial charge < -0.3 is 30.6 Å². The van der Waals surface area contributed by atoms with Crippen molar-refractivity contribution in [2.24, 2.45) is 4.99 Å². The van der Waals surface area contributed by atoms with E-state index in [2.05, 4.69) is 43.7 Å². The van der Waals surface area contributed by atoms with Gasteiger partial charge in [-0.25, -0.2) is 9.97 Å². The summed E-state index contributed by atoms with van der Waals surface area (Å²) in [5, 5.41) is 21.3. The van der Waals surface area contributed by atoms with Crippen LogP contribution in [0.25, 0.3) is 11.0 Å². The van der Waals surface area contributed by atoms with Crippen LogP contribution in [0.4, 0.5) is 17.3 Å². The third-order valence-electron chi connectivity index (χ3n) is 7.23. The standard InChI is InChI=1S/C25H34ClN8O3/c1-15(2)33(10-4-3-8-19-31-18-7-5-6-17(26)20(18)32-19)11-9-16(12-35)37-25-24(36)34(25)14-30-21-22(27)28-13-29-23(21)34/h5-7,13-16,24-25,35-36H,3-4,8-12H2,1-2H3,(H,31,32)(H2,27,28,29)/q+1. The minimum absolute atomic E-state index is 0.0283. The lowest BCUT2D eigenvalue weighted by Gasteiger charge is -2.28. The van der Waals surface area contributed by atoms with Gasteiger partial charge in [0.05, 0.1) is 23.3 Å². The quantitative estimate of drug-likeness (QED) is 0.159. The number of H-pyrrole nitrogens is 1. The average molecular weight is 530 g/mol. The number of aliphatic hydroxyl groups is 2. The zero-order chi connectivity index (χ0) is 26.2. The van der Waals surface area contributed by atoms with E-state index in [0.717, 1.165) is 49.2 Å². The van der Waals surface area contributed by atoms with Gasteiger partial charge in [0.1, 0.15) is 17.7 Å². The second-order valence-electron chi connectivity index (χ2n) is 9.95. The van der Waals surface area contributed by atoms with E-state index in [1.165, 1.54) is 6.33 Å². The van der Waals surface area contributed by atoms with Crippen molar-refractivity contribution in [3.63, 3.8) is 0 Å². The Morgan fingerprint density at radius 3 is 2.84 bits per heavy atom. The Balaban J connectivity index is 1.11. The number of unbranched alkanes of at least 4 members (excludes halogenated alkanes) is 1. The van der Waals surface area contributed by atoms with Crippen LogP contribution in [0.15, 0.2) is 29.5 Å². The van der Waals surface area contributed by atoms with Crippen LogP contribution in [0.5, 0.6) is 0 Å². The predicted octanol–water partition coefficient (Wildman–Crippen LogP) is 2.73. The zero-order valence-corrected chi connectivity index (χ0v) is 21.8. The number of rotatable bonds is 12. The maximum absolute atomic E-state index is 10.7. The number of nitrogens with one attached hydrogen (secondary N) is 1.